The Morgan fingerprint density at radius 2 is 0.667 bits per heavy atom. The van der Waals surface area contributed by atoms with Crippen molar-refractivity contribution >= 4 is 15.7 Å². The molecular formula is B2F4. The first-order valence-electron chi connectivity index (χ1n) is 0.873. The molecule has 0 nitrogen and oxygen atoms in total. The van der Waals surface area contributed by atoms with Gasteiger partial charge < -0.3 is 0 Å². The molecular weight excluding hydrogens is 97.6 g/mol. The van der Waals surface area contributed by atoms with Crippen LogP contribution in [-0.4, -0.2) is 15.7 Å². The average Bonchev–Trinajstić information content (AvgIpc) is 1.39. The van der Waals surface area contributed by atoms with Crippen LogP contribution in [0.25, 0.3) is 0 Å². The lowest BCUT2D eigenvalue weighted by Gasteiger charge is -1.33. The molecule has 0 spiro atoms. The van der Waals surface area contributed by atoms with Crippen molar-refractivity contribution in [2.45, 2.75) is 0 Å². The molecule has 0 aromatic heterocycles. The topological polar surface area (TPSA) is 0 Å². The molecule has 0 aliphatic carbocycles. The molecule has 0 amide bonds. The minimum atomic E-state index is -1.00. The molecule has 0 heterocycles. The van der Waals surface area contributed by atoms with E-state index in [9.17, 15) is 17.3 Å². The van der Waals surface area contributed by atoms with Crippen LogP contribution in [0.2, 0.25) is 0 Å². The molecule has 6 heteroatoms. The standard InChI is InChI=1S/2BF2/c2*2-1-3. The van der Waals surface area contributed by atoms with E-state index in [2.05, 4.69) is 0 Å². The highest BCUT2D eigenvalue weighted by Gasteiger charge is 1.63. The Bertz CT molecular complexity index is 7.51. The molecule has 0 saturated carbocycles. The fourth-order valence-corrected chi connectivity index (χ4v) is 0. The average molecular weight is 97.6 g/mol. The number of hydrogen-bond donors (Lipinski definition) is 0. The van der Waals surface area contributed by atoms with E-state index in [-0.39, 0.29) is 0 Å². The van der Waals surface area contributed by atoms with Crippen molar-refractivity contribution in [1.29, 1.82) is 0 Å². The third-order valence-corrected chi connectivity index (χ3v) is 0. The van der Waals surface area contributed by atoms with Gasteiger partial charge in [0.15, 0.2) is 0 Å². The van der Waals surface area contributed by atoms with Crippen LogP contribution in [-0.2, 0) is 0 Å². The van der Waals surface area contributed by atoms with Crippen LogP contribution in [0.1, 0.15) is 0 Å². The van der Waals surface area contributed by atoms with Crippen molar-refractivity contribution in [2.24, 2.45) is 0 Å². The Hall–Kier alpha value is -0.150. The van der Waals surface area contributed by atoms with E-state index in [1.807, 2.05) is 0 Å². The van der Waals surface area contributed by atoms with Crippen molar-refractivity contribution < 1.29 is 17.3 Å². The third kappa shape index (κ3) is 1390. The van der Waals surface area contributed by atoms with Gasteiger partial charge in [0, 0.05) is 0 Å². The zero-order chi connectivity index (χ0) is 5.41. The van der Waals surface area contributed by atoms with Crippen LogP contribution in [0.15, 0.2) is 0 Å². The normalized spacial score (nSPS) is 4.67. The second-order valence-corrected chi connectivity index (χ2v) is 0.165. The Balaban J connectivity index is 0. The van der Waals surface area contributed by atoms with Crippen molar-refractivity contribution in [1.82, 2.24) is 0 Å². The largest absolute Gasteiger partial charge is 0.577 e. The summed E-state index contributed by atoms with van der Waals surface area (Å²) < 4.78 is 38.0. The number of halogens is 4. The van der Waals surface area contributed by atoms with Crippen LogP contribution in [0, 0.1) is 0 Å². The minimum Gasteiger partial charge on any atom is -0.289 e. The SMILES string of the molecule is F[B]F.F[B]F. The Labute approximate surface area is 34.2 Å². The molecule has 0 aliphatic rings. The molecule has 0 atom stereocenters. The predicted octanol–water partition coefficient (Wildman–Crippen LogP) is 0.919. The zero-order valence-corrected chi connectivity index (χ0v) is 2.67. The highest BCUT2D eigenvalue weighted by Crippen LogP contribution is 1.49. The van der Waals surface area contributed by atoms with Crippen LogP contribution < -0.4 is 0 Å². The Kier molecular flexibility index (Phi) is 32.5. The summed E-state index contributed by atoms with van der Waals surface area (Å²) in [5.74, 6) is 0. The smallest absolute Gasteiger partial charge is 0.289 e. The maximum Gasteiger partial charge on any atom is 0.577 e. The lowest BCUT2D eigenvalue weighted by molar-refractivity contribution is 0.711. The maximum absolute atomic E-state index is 9.50. The van der Waals surface area contributed by atoms with Crippen molar-refractivity contribution in [3.05, 3.63) is 0 Å². The molecule has 0 N–H and O–H groups in total. The van der Waals surface area contributed by atoms with Gasteiger partial charge in [-0.3, -0.25) is 17.3 Å². The van der Waals surface area contributed by atoms with Gasteiger partial charge in [0.05, 0.1) is 0 Å². The van der Waals surface area contributed by atoms with Crippen LogP contribution in [0.4, 0.5) is 17.3 Å². The first-order valence-corrected chi connectivity index (χ1v) is 0.873. The van der Waals surface area contributed by atoms with Gasteiger partial charge >= 0.3 is 15.7 Å². The van der Waals surface area contributed by atoms with Gasteiger partial charge in [-0.15, -0.1) is 0 Å². The summed E-state index contributed by atoms with van der Waals surface area (Å²) in [6.07, 6.45) is 0. The van der Waals surface area contributed by atoms with E-state index >= 15 is 0 Å². The fourth-order valence-electron chi connectivity index (χ4n) is 0. The fraction of sp³-hybridized carbons (Fsp3) is 0. The molecule has 0 unspecified atom stereocenters. The summed E-state index contributed by atoms with van der Waals surface area (Å²) in [5, 5.41) is 0. The van der Waals surface area contributed by atoms with Gasteiger partial charge in [0.25, 0.3) is 0 Å². The lowest BCUT2D eigenvalue weighted by Crippen LogP contribution is -1.45. The Morgan fingerprint density at radius 3 is 0.667 bits per heavy atom. The first kappa shape index (κ1) is 9.28. The van der Waals surface area contributed by atoms with E-state index in [1.165, 1.54) is 0 Å². The molecule has 0 aromatic rings. The van der Waals surface area contributed by atoms with Gasteiger partial charge in [-0.25, -0.2) is 0 Å². The second kappa shape index (κ2) is 21.0. The van der Waals surface area contributed by atoms with Crippen LogP contribution in [0.5, 0.6) is 0 Å². The number of rotatable bonds is 0. The lowest BCUT2D eigenvalue weighted by atomic mass is 10.6. The van der Waals surface area contributed by atoms with E-state index < -0.39 is 15.7 Å². The third-order valence-electron chi connectivity index (χ3n) is 0. The summed E-state index contributed by atoms with van der Waals surface area (Å²) in [4.78, 5) is 0. The van der Waals surface area contributed by atoms with Gasteiger partial charge in [-0.05, 0) is 0 Å². The van der Waals surface area contributed by atoms with Gasteiger partial charge in [-0.2, -0.15) is 0 Å². The summed E-state index contributed by atoms with van der Waals surface area (Å²) >= 11 is 0. The first-order chi connectivity index (χ1) is 2.83. The van der Waals surface area contributed by atoms with E-state index in [1.54, 1.807) is 0 Å². The molecule has 2 radical (unpaired) electrons. The summed E-state index contributed by atoms with van der Waals surface area (Å²) in [5.41, 5.74) is 0. The van der Waals surface area contributed by atoms with Crippen LogP contribution >= 0.6 is 0 Å². The van der Waals surface area contributed by atoms with E-state index in [0.717, 1.165) is 0 Å². The molecule has 0 saturated heterocycles. The Morgan fingerprint density at radius 1 is 0.667 bits per heavy atom. The second-order valence-electron chi connectivity index (χ2n) is 0.165. The molecule has 0 rings (SSSR count). The van der Waals surface area contributed by atoms with Gasteiger partial charge in [0.1, 0.15) is 0 Å². The van der Waals surface area contributed by atoms with E-state index in [4.69, 9.17) is 0 Å². The molecule has 34 valence electrons. The molecule has 0 bridgehead atoms. The molecule has 0 fully saturated rings. The van der Waals surface area contributed by atoms with Crippen molar-refractivity contribution in [3.63, 3.8) is 0 Å². The summed E-state index contributed by atoms with van der Waals surface area (Å²) in [7, 11) is -2.00. The zero-order valence-electron chi connectivity index (χ0n) is 2.67. The minimum absolute atomic E-state index is 1.00. The van der Waals surface area contributed by atoms with E-state index in [0.29, 0.717) is 0 Å². The molecule has 6 heavy (non-hydrogen) atoms. The monoisotopic (exact) mass is 98.0 g/mol. The molecule has 0 aromatic carbocycles. The van der Waals surface area contributed by atoms with Crippen molar-refractivity contribution in [3.8, 4) is 0 Å². The molecule has 0 aliphatic heterocycles. The quantitative estimate of drug-likeness (QED) is 0.312. The maximum atomic E-state index is 9.50. The van der Waals surface area contributed by atoms with Crippen molar-refractivity contribution in [2.75, 3.05) is 0 Å². The van der Waals surface area contributed by atoms with Gasteiger partial charge in [-0.1, -0.05) is 0 Å². The summed E-state index contributed by atoms with van der Waals surface area (Å²) in [6, 6.07) is 0. The summed E-state index contributed by atoms with van der Waals surface area (Å²) in [6.45, 7) is 0. The highest BCUT2D eigenvalue weighted by atomic mass is 19.2. The van der Waals surface area contributed by atoms with Crippen LogP contribution in [0.3, 0.4) is 0 Å². The highest BCUT2D eigenvalue weighted by molar-refractivity contribution is 6.15. The van der Waals surface area contributed by atoms with Gasteiger partial charge in [0.2, 0.25) is 0 Å². The number of hydrogen-bond acceptors (Lipinski definition) is 0. The predicted molar refractivity (Wildman–Crippen MR) is 15.9 cm³/mol.